The Morgan fingerprint density at radius 3 is 2.44 bits per heavy atom. The first-order valence-corrected chi connectivity index (χ1v) is 15.1. The molecule has 2 aromatic rings. The van der Waals surface area contributed by atoms with Gasteiger partial charge in [-0.15, -0.1) is 0 Å². The van der Waals surface area contributed by atoms with E-state index in [0.717, 1.165) is 68.9 Å². The first-order valence-electron chi connectivity index (χ1n) is 13.3. The minimum absolute atomic E-state index is 0.0917. The van der Waals surface area contributed by atoms with E-state index < -0.39 is 16.1 Å². The lowest BCUT2D eigenvalue weighted by atomic mass is 9.66. The van der Waals surface area contributed by atoms with Crippen molar-refractivity contribution in [1.82, 2.24) is 4.98 Å². The van der Waals surface area contributed by atoms with E-state index >= 15 is 0 Å². The number of pyridine rings is 1. The van der Waals surface area contributed by atoms with Gasteiger partial charge in [-0.3, -0.25) is 14.5 Å². The third-order valence-electron chi connectivity index (χ3n) is 9.27. The van der Waals surface area contributed by atoms with Gasteiger partial charge in [0.2, 0.25) is 10.0 Å². The number of hydrogen-bond donors (Lipinski definition) is 2. The van der Waals surface area contributed by atoms with Gasteiger partial charge in [-0.2, -0.15) is 0 Å². The maximum atomic E-state index is 13.9. The molecule has 3 saturated carbocycles. The molecule has 1 atom stereocenters. The fraction of sp³-hybridized carbons (Fsp3) is 0.571. The molecule has 192 valence electrons. The van der Waals surface area contributed by atoms with Crippen molar-refractivity contribution in [3.8, 4) is 0 Å². The fourth-order valence-electron chi connectivity index (χ4n) is 6.90. The van der Waals surface area contributed by atoms with E-state index in [1.54, 1.807) is 24.4 Å². The van der Waals surface area contributed by atoms with E-state index in [1.807, 2.05) is 17.0 Å². The molecule has 1 aromatic heterocycles. The highest BCUT2D eigenvalue weighted by Gasteiger charge is 2.53. The van der Waals surface area contributed by atoms with Crippen LogP contribution in [-0.2, 0) is 15.4 Å². The third kappa shape index (κ3) is 4.32. The molecule has 0 saturated heterocycles. The van der Waals surface area contributed by atoms with Crippen molar-refractivity contribution in [3.63, 3.8) is 0 Å². The van der Waals surface area contributed by atoms with Crippen LogP contribution in [0.25, 0.3) is 0 Å². The van der Waals surface area contributed by atoms with Gasteiger partial charge in [0, 0.05) is 35.1 Å². The van der Waals surface area contributed by atoms with Gasteiger partial charge in [-0.25, -0.2) is 8.42 Å². The number of aliphatic hydroxyl groups is 1. The summed E-state index contributed by atoms with van der Waals surface area (Å²) in [4.78, 5) is 20.2. The number of nitrogens with one attached hydrogen (secondary N) is 1. The summed E-state index contributed by atoms with van der Waals surface area (Å²) < 4.78 is 26.4. The molecule has 36 heavy (non-hydrogen) atoms. The van der Waals surface area contributed by atoms with Crippen LogP contribution in [-0.4, -0.2) is 37.2 Å². The highest BCUT2D eigenvalue weighted by molar-refractivity contribution is 7.92. The summed E-state index contributed by atoms with van der Waals surface area (Å²) in [5.74, 6) is 0.113. The summed E-state index contributed by atoms with van der Waals surface area (Å²) in [7, 11) is -3.40. The zero-order valence-electron chi connectivity index (χ0n) is 20.9. The topological polar surface area (TPSA) is 99.6 Å². The molecule has 2 heterocycles. The summed E-state index contributed by atoms with van der Waals surface area (Å²) in [6.07, 6.45) is 13.3. The van der Waals surface area contributed by atoms with Gasteiger partial charge in [0.05, 0.1) is 18.1 Å². The number of hydrogen-bond acceptors (Lipinski definition) is 5. The maximum absolute atomic E-state index is 13.9. The van der Waals surface area contributed by atoms with Crippen LogP contribution in [0.15, 0.2) is 36.5 Å². The Kier molecular flexibility index (Phi) is 5.68. The quantitative estimate of drug-likeness (QED) is 0.595. The number of fused-ring (bicyclic) bond motifs is 2. The number of benzene rings is 1. The molecular weight excluding hydrogens is 474 g/mol. The van der Waals surface area contributed by atoms with Gasteiger partial charge in [0.15, 0.2) is 0 Å². The predicted molar refractivity (Wildman–Crippen MR) is 140 cm³/mol. The molecule has 1 unspecified atom stereocenters. The van der Waals surface area contributed by atoms with Crippen molar-refractivity contribution in [2.75, 3.05) is 22.4 Å². The average molecular weight is 510 g/mol. The average Bonchev–Trinajstić information content (AvgIpc) is 3.27. The third-order valence-corrected chi connectivity index (χ3v) is 9.88. The van der Waals surface area contributed by atoms with Gasteiger partial charge in [-0.05, 0) is 98.6 Å². The van der Waals surface area contributed by atoms with Crippen LogP contribution >= 0.6 is 0 Å². The second-order valence-electron chi connectivity index (χ2n) is 11.7. The Morgan fingerprint density at radius 1 is 1.08 bits per heavy atom. The summed E-state index contributed by atoms with van der Waals surface area (Å²) in [5, 5.41) is 10.9. The van der Waals surface area contributed by atoms with Gasteiger partial charge < -0.3 is 10.0 Å². The Balaban J connectivity index is 1.33. The minimum atomic E-state index is -3.40. The molecule has 2 spiro atoms. The predicted octanol–water partition coefficient (Wildman–Crippen LogP) is 4.93. The lowest BCUT2D eigenvalue weighted by Gasteiger charge is -2.38. The summed E-state index contributed by atoms with van der Waals surface area (Å²) >= 11 is 0. The molecule has 3 aliphatic carbocycles. The SMILES string of the molecule is CS(=O)(=O)Nc1ccc2c(c1)C1(CCC3(CC3)CC1)CN2C(=O)c1ccnc(C(O)C2CCCC2)c1. The standard InChI is InChI=1S/C28H35N3O4S/c1-36(34,35)30-21-6-7-24-22(17-21)28(13-11-27(9-10-27)12-14-28)18-31(24)26(33)20-8-15-29-23(16-20)25(32)19-4-2-3-5-19/h6-8,15-17,19,25,30,32H,2-5,9-14,18H2,1H3. The summed E-state index contributed by atoms with van der Waals surface area (Å²) in [5.41, 5.74) is 3.92. The van der Waals surface area contributed by atoms with Crippen LogP contribution in [0, 0.1) is 11.3 Å². The first kappa shape index (κ1) is 23.9. The van der Waals surface area contributed by atoms with Crippen molar-refractivity contribution in [1.29, 1.82) is 0 Å². The number of rotatable bonds is 5. The number of aromatic nitrogens is 1. The molecule has 4 aliphatic rings. The molecule has 3 fully saturated rings. The highest BCUT2D eigenvalue weighted by Crippen LogP contribution is 2.62. The van der Waals surface area contributed by atoms with Gasteiger partial charge in [0.1, 0.15) is 0 Å². The van der Waals surface area contributed by atoms with Gasteiger partial charge >= 0.3 is 0 Å². The van der Waals surface area contributed by atoms with Gasteiger partial charge in [0.25, 0.3) is 5.91 Å². The van der Waals surface area contributed by atoms with Crippen LogP contribution in [0.1, 0.15) is 91.9 Å². The lowest BCUT2D eigenvalue weighted by molar-refractivity contribution is 0.0976. The van der Waals surface area contributed by atoms with Crippen molar-refractivity contribution >= 4 is 27.3 Å². The number of carbonyl (C=O) groups is 1. The molecule has 2 N–H and O–H groups in total. The number of carbonyl (C=O) groups excluding carboxylic acids is 1. The van der Waals surface area contributed by atoms with E-state index in [0.29, 0.717) is 28.9 Å². The van der Waals surface area contributed by atoms with E-state index in [4.69, 9.17) is 0 Å². The number of amides is 1. The van der Waals surface area contributed by atoms with Crippen molar-refractivity contribution in [2.45, 2.75) is 75.7 Å². The second-order valence-corrected chi connectivity index (χ2v) is 13.5. The van der Waals surface area contributed by atoms with E-state index in [1.165, 1.54) is 12.8 Å². The monoisotopic (exact) mass is 509 g/mol. The molecule has 7 nitrogen and oxygen atoms in total. The van der Waals surface area contributed by atoms with Crippen LogP contribution < -0.4 is 9.62 Å². The Hall–Kier alpha value is -2.45. The first-order chi connectivity index (χ1) is 17.2. The van der Waals surface area contributed by atoms with Crippen molar-refractivity contribution in [2.24, 2.45) is 11.3 Å². The number of sulfonamides is 1. The van der Waals surface area contributed by atoms with Crippen molar-refractivity contribution < 1.29 is 18.3 Å². The summed E-state index contributed by atoms with van der Waals surface area (Å²) in [6.45, 7) is 0.600. The molecule has 8 heteroatoms. The second kappa shape index (κ2) is 8.55. The largest absolute Gasteiger partial charge is 0.387 e. The fourth-order valence-corrected chi connectivity index (χ4v) is 7.46. The van der Waals surface area contributed by atoms with E-state index in [9.17, 15) is 18.3 Å². The number of aliphatic hydroxyl groups excluding tert-OH is 1. The Labute approximate surface area is 213 Å². The van der Waals surface area contributed by atoms with Crippen LogP contribution in [0.3, 0.4) is 0 Å². The minimum Gasteiger partial charge on any atom is -0.387 e. The normalized spacial score (nSPS) is 23.1. The Morgan fingerprint density at radius 2 is 1.78 bits per heavy atom. The zero-order chi connectivity index (χ0) is 25.1. The molecule has 0 bridgehead atoms. The summed E-state index contributed by atoms with van der Waals surface area (Å²) in [6, 6.07) is 9.06. The van der Waals surface area contributed by atoms with Crippen molar-refractivity contribution in [3.05, 3.63) is 53.3 Å². The molecule has 1 amide bonds. The van der Waals surface area contributed by atoms with Crippen LogP contribution in [0.4, 0.5) is 11.4 Å². The number of nitrogens with zero attached hydrogens (tertiary/aromatic N) is 2. The van der Waals surface area contributed by atoms with E-state index in [2.05, 4.69) is 9.71 Å². The molecule has 1 aromatic carbocycles. The Bertz CT molecular complexity index is 1290. The number of anilines is 2. The zero-order valence-corrected chi connectivity index (χ0v) is 21.7. The maximum Gasteiger partial charge on any atom is 0.258 e. The molecule has 0 radical (unpaired) electrons. The smallest absolute Gasteiger partial charge is 0.258 e. The molecular formula is C28H35N3O4S. The highest BCUT2D eigenvalue weighted by atomic mass is 32.2. The van der Waals surface area contributed by atoms with Crippen LogP contribution in [0.5, 0.6) is 0 Å². The molecule has 6 rings (SSSR count). The lowest BCUT2D eigenvalue weighted by Crippen LogP contribution is -2.40. The van der Waals surface area contributed by atoms with Gasteiger partial charge in [-0.1, -0.05) is 12.8 Å². The molecule has 1 aliphatic heterocycles. The van der Waals surface area contributed by atoms with Crippen LogP contribution in [0.2, 0.25) is 0 Å². The van der Waals surface area contributed by atoms with E-state index in [-0.39, 0.29) is 17.2 Å².